The van der Waals surface area contributed by atoms with Crippen molar-refractivity contribution in [2.45, 2.75) is 26.2 Å². The number of carbonyl (C=O) groups excluding carboxylic acids is 2. The van der Waals surface area contributed by atoms with Crippen molar-refractivity contribution in [3.05, 3.63) is 28.2 Å². The molecule has 1 heterocycles. The third-order valence-corrected chi connectivity index (χ3v) is 3.39. The molecule has 0 saturated carbocycles. The van der Waals surface area contributed by atoms with Crippen LogP contribution in [0.3, 0.4) is 0 Å². The van der Waals surface area contributed by atoms with E-state index in [1.54, 1.807) is 13.0 Å². The highest BCUT2D eigenvalue weighted by Gasteiger charge is 2.40. The second-order valence-corrected chi connectivity index (χ2v) is 5.01. The van der Waals surface area contributed by atoms with Gasteiger partial charge in [-0.05, 0) is 31.0 Å². The predicted octanol–water partition coefficient (Wildman–Crippen LogP) is 1.11. The number of methoxy groups -OCH3 is 1. The van der Waals surface area contributed by atoms with Crippen LogP contribution in [0, 0.1) is 4.91 Å². The van der Waals surface area contributed by atoms with Crippen molar-refractivity contribution < 1.29 is 23.7 Å². The second-order valence-electron chi connectivity index (χ2n) is 5.01. The Morgan fingerprint density at radius 2 is 2.22 bits per heavy atom. The van der Waals surface area contributed by atoms with Crippen molar-refractivity contribution in [1.82, 2.24) is 5.32 Å². The van der Waals surface area contributed by atoms with Gasteiger partial charge in [0.1, 0.15) is 17.1 Å². The maximum atomic E-state index is 12.1. The van der Waals surface area contributed by atoms with Gasteiger partial charge in [-0.25, -0.2) is 4.79 Å². The van der Waals surface area contributed by atoms with Crippen molar-refractivity contribution in [3.63, 3.8) is 0 Å². The van der Waals surface area contributed by atoms with Crippen LogP contribution in [0.2, 0.25) is 0 Å². The average molecular weight is 320 g/mol. The molecule has 1 N–H and O–H groups in total. The lowest BCUT2D eigenvalue weighted by Crippen LogP contribution is -2.51. The summed E-state index contributed by atoms with van der Waals surface area (Å²) in [6.45, 7) is 3.23. The van der Waals surface area contributed by atoms with Crippen LogP contribution in [0.15, 0.2) is 17.2 Å². The maximum Gasteiger partial charge on any atom is 0.570 e. The van der Waals surface area contributed by atoms with E-state index in [0.717, 1.165) is 0 Å². The van der Waals surface area contributed by atoms with Crippen LogP contribution in [0.1, 0.15) is 29.8 Å². The number of fused-ring (bicyclic) bond motifs is 1. The quantitative estimate of drug-likeness (QED) is 0.495. The smallest absolute Gasteiger partial charge is 0.536 e. The zero-order valence-electron chi connectivity index (χ0n) is 13.1. The zero-order chi connectivity index (χ0) is 17.0. The number of ether oxygens (including phenoxy) is 2. The fraction of sp³-hybridized carbons (Fsp3) is 0.429. The van der Waals surface area contributed by atoms with E-state index in [-0.39, 0.29) is 30.2 Å². The van der Waals surface area contributed by atoms with E-state index in [2.05, 4.69) is 10.4 Å². The van der Waals surface area contributed by atoms with Gasteiger partial charge in [-0.3, -0.25) is 4.79 Å². The first-order valence-corrected chi connectivity index (χ1v) is 7.14. The van der Waals surface area contributed by atoms with E-state index >= 15 is 0 Å². The van der Waals surface area contributed by atoms with Gasteiger partial charge in [0.05, 0.1) is 19.7 Å². The van der Waals surface area contributed by atoms with Gasteiger partial charge < -0.3 is 19.4 Å². The number of hydrogen-bond acceptors (Lipinski definition) is 7. The zero-order valence-corrected chi connectivity index (χ0v) is 13.1. The molecule has 122 valence electrons. The molecule has 1 aliphatic heterocycles. The van der Waals surface area contributed by atoms with Gasteiger partial charge in [0.2, 0.25) is 5.91 Å². The van der Waals surface area contributed by atoms with Crippen LogP contribution in [0.4, 0.5) is 0 Å². The van der Waals surface area contributed by atoms with Crippen molar-refractivity contribution >= 4 is 18.9 Å². The number of hydrogen-bond donors (Lipinski definition) is 1. The number of nitrogens with one attached hydrogen (secondary N) is 1. The van der Waals surface area contributed by atoms with Crippen LogP contribution in [-0.4, -0.2) is 38.6 Å². The first-order valence-electron chi connectivity index (χ1n) is 7.14. The molecule has 0 unspecified atom stereocenters. The molecule has 0 radical (unpaired) electrons. The molecule has 0 bridgehead atoms. The fourth-order valence-electron chi connectivity index (χ4n) is 2.45. The van der Waals surface area contributed by atoms with Gasteiger partial charge >= 0.3 is 13.0 Å². The molecule has 1 aromatic rings. The summed E-state index contributed by atoms with van der Waals surface area (Å²) in [4.78, 5) is 34.4. The number of nitrogens with zero attached hydrogens (tertiary/aromatic N) is 1. The van der Waals surface area contributed by atoms with Gasteiger partial charge in [-0.1, -0.05) is 5.09 Å². The molecular formula is C14H17BN2O6. The summed E-state index contributed by atoms with van der Waals surface area (Å²) in [6, 6.07) is 3.17. The summed E-state index contributed by atoms with van der Waals surface area (Å²) >= 11 is 0. The van der Waals surface area contributed by atoms with Crippen molar-refractivity contribution in [2.75, 3.05) is 13.7 Å². The van der Waals surface area contributed by atoms with Crippen molar-refractivity contribution in [3.8, 4) is 11.5 Å². The molecule has 8 nitrogen and oxygen atoms in total. The molecule has 1 aliphatic rings. The lowest BCUT2D eigenvalue weighted by atomic mass is 9.68. The molecule has 0 saturated heterocycles. The van der Waals surface area contributed by atoms with Gasteiger partial charge in [-0.2, -0.15) is 4.91 Å². The minimum atomic E-state index is -1.12. The number of esters is 1. The first-order chi connectivity index (χ1) is 11.0. The predicted molar refractivity (Wildman–Crippen MR) is 82.4 cm³/mol. The fourth-order valence-corrected chi connectivity index (χ4v) is 2.45. The largest absolute Gasteiger partial charge is 0.570 e. The van der Waals surface area contributed by atoms with Gasteiger partial charge in [0, 0.05) is 6.92 Å². The maximum absolute atomic E-state index is 12.1. The molecule has 2 rings (SSSR count). The summed E-state index contributed by atoms with van der Waals surface area (Å²) < 4.78 is 15.7. The van der Waals surface area contributed by atoms with E-state index in [9.17, 15) is 14.5 Å². The number of benzene rings is 1. The molecule has 1 atom stereocenters. The first kappa shape index (κ1) is 16.8. The molecule has 0 aromatic heterocycles. The molecule has 1 aromatic carbocycles. The van der Waals surface area contributed by atoms with E-state index in [1.807, 2.05) is 0 Å². The Hall–Kier alpha value is -2.58. The number of rotatable bonds is 5. The lowest BCUT2D eigenvalue weighted by molar-refractivity contribution is -0.119. The Morgan fingerprint density at radius 1 is 1.48 bits per heavy atom. The van der Waals surface area contributed by atoms with E-state index in [0.29, 0.717) is 11.3 Å². The molecular weight excluding hydrogens is 303 g/mol. The van der Waals surface area contributed by atoms with Gasteiger partial charge in [0.15, 0.2) is 0 Å². The van der Waals surface area contributed by atoms with Crippen LogP contribution >= 0.6 is 0 Å². The molecule has 23 heavy (non-hydrogen) atoms. The minimum absolute atomic E-state index is 0.163. The summed E-state index contributed by atoms with van der Waals surface area (Å²) in [5.74, 6) is -0.806. The van der Waals surface area contributed by atoms with E-state index in [1.165, 1.54) is 20.1 Å². The van der Waals surface area contributed by atoms with Crippen LogP contribution in [0.25, 0.3) is 0 Å². The Kier molecular flexibility index (Phi) is 5.20. The second kappa shape index (κ2) is 7.12. The highest BCUT2D eigenvalue weighted by molar-refractivity contribution is 6.53. The topological polar surface area (TPSA) is 103 Å². The summed E-state index contributed by atoms with van der Waals surface area (Å²) in [5.41, 5.74) is 0.794. The minimum Gasteiger partial charge on any atom is -0.536 e. The van der Waals surface area contributed by atoms with Crippen molar-refractivity contribution in [2.24, 2.45) is 5.09 Å². The molecule has 9 heteroatoms. The Morgan fingerprint density at radius 3 is 2.78 bits per heavy atom. The van der Waals surface area contributed by atoms with Crippen LogP contribution in [-0.2, 0) is 16.0 Å². The summed E-state index contributed by atoms with van der Waals surface area (Å²) in [5, 5.41) is 5.52. The number of carbonyl (C=O) groups is 2. The Bertz CT molecular complexity index is 636. The molecule has 0 aliphatic carbocycles. The number of nitroso groups, excluding NO2 is 1. The average Bonchev–Trinajstić information content (AvgIpc) is 2.52. The normalized spacial score (nSPS) is 16.0. The lowest BCUT2D eigenvalue weighted by Gasteiger charge is -2.28. The molecule has 0 fully saturated rings. The third-order valence-electron chi connectivity index (χ3n) is 3.39. The van der Waals surface area contributed by atoms with E-state index in [4.69, 9.17) is 14.1 Å². The SMILES string of the molecule is CCOC(=O)c1cc(OC)cc2c1OB(N=O)[C@@H](NC(C)=O)C2. The van der Waals surface area contributed by atoms with Crippen LogP contribution < -0.4 is 14.7 Å². The van der Waals surface area contributed by atoms with Gasteiger partial charge in [0.25, 0.3) is 0 Å². The molecule has 1 amide bonds. The summed E-state index contributed by atoms with van der Waals surface area (Å²) in [7, 11) is 0.356. The highest BCUT2D eigenvalue weighted by atomic mass is 16.5. The van der Waals surface area contributed by atoms with E-state index < -0.39 is 19.0 Å². The van der Waals surface area contributed by atoms with Crippen molar-refractivity contribution in [1.29, 1.82) is 0 Å². The molecule has 0 spiro atoms. The Labute approximate surface area is 133 Å². The third kappa shape index (κ3) is 3.61. The van der Waals surface area contributed by atoms with Crippen LogP contribution in [0.5, 0.6) is 11.5 Å². The standard InChI is InChI=1S/C14H17BN2O6/c1-4-22-14(19)11-7-10(21-3)5-9-6-12(16-8(2)18)15(17-20)23-13(9)11/h5,7,12H,4,6H2,1-3H3,(H,16,18)/t12-/m0/s1. The number of amides is 1. The summed E-state index contributed by atoms with van der Waals surface area (Å²) in [6.07, 6.45) is 0.287. The van der Waals surface area contributed by atoms with Gasteiger partial charge in [-0.15, -0.1) is 0 Å². The Balaban J connectivity index is 2.45. The monoisotopic (exact) mass is 320 g/mol. The highest BCUT2D eigenvalue weighted by Crippen LogP contribution is 2.35.